The molecule has 6 heteroatoms. The maximum atomic E-state index is 13.2. The number of carbonyl (C=O) groups is 2. The summed E-state index contributed by atoms with van der Waals surface area (Å²) in [5, 5.41) is 5.53. The largest absolute Gasteiger partial charge is 0.497 e. The van der Waals surface area contributed by atoms with Gasteiger partial charge in [-0.05, 0) is 48.4 Å². The van der Waals surface area contributed by atoms with Crippen LogP contribution >= 0.6 is 0 Å². The second-order valence-corrected chi connectivity index (χ2v) is 5.74. The van der Waals surface area contributed by atoms with Gasteiger partial charge in [-0.1, -0.05) is 12.1 Å². The summed E-state index contributed by atoms with van der Waals surface area (Å²) in [7, 11) is 1.57. The number of ether oxygens (including phenoxy) is 1. The number of benzene rings is 2. The number of anilines is 1. The highest BCUT2D eigenvalue weighted by atomic mass is 19.1. The first kappa shape index (κ1) is 18.4. The third-order valence-corrected chi connectivity index (χ3v) is 3.75. The molecule has 0 heterocycles. The molecule has 1 unspecified atom stereocenters. The Hall–Kier alpha value is -2.89. The predicted octanol–water partition coefficient (Wildman–Crippen LogP) is 3.35. The molecule has 0 aliphatic heterocycles. The first-order valence-electron chi connectivity index (χ1n) is 7.86. The van der Waals surface area contributed by atoms with Crippen molar-refractivity contribution < 1.29 is 18.7 Å². The van der Waals surface area contributed by atoms with Crippen LogP contribution in [0.2, 0.25) is 0 Å². The smallest absolute Gasteiger partial charge is 0.226 e. The van der Waals surface area contributed by atoms with E-state index in [0.717, 1.165) is 5.56 Å². The van der Waals surface area contributed by atoms with Crippen LogP contribution in [0.4, 0.5) is 10.1 Å². The highest BCUT2D eigenvalue weighted by Crippen LogP contribution is 2.22. The SMILES string of the molecule is COc1ccc(C(CC(=O)Nc2ccc(F)cc2C)NC(C)=O)cc1. The van der Waals surface area contributed by atoms with Gasteiger partial charge in [-0.3, -0.25) is 9.59 Å². The van der Waals surface area contributed by atoms with Gasteiger partial charge in [-0.15, -0.1) is 0 Å². The van der Waals surface area contributed by atoms with E-state index < -0.39 is 6.04 Å². The summed E-state index contributed by atoms with van der Waals surface area (Å²) >= 11 is 0. The van der Waals surface area contributed by atoms with E-state index >= 15 is 0 Å². The molecule has 0 spiro atoms. The van der Waals surface area contributed by atoms with Crippen LogP contribution in [0.3, 0.4) is 0 Å². The molecule has 2 aromatic carbocycles. The Labute approximate surface area is 146 Å². The fraction of sp³-hybridized carbons (Fsp3) is 0.263. The zero-order chi connectivity index (χ0) is 18.4. The Morgan fingerprint density at radius 2 is 1.84 bits per heavy atom. The monoisotopic (exact) mass is 344 g/mol. The number of halogens is 1. The topological polar surface area (TPSA) is 67.4 Å². The standard InChI is InChI=1S/C19H21FN2O3/c1-12-10-15(20)6-9-17(12)22-19(24)11-18(21-13(2)23)14-4-7-16(25-3)8-5-14/h4-10,18H,11H2,1-3H3,(H,21,23)(H,22,24). The van der Waals surface area contributed by atoms with Gasteiger partial charge in [0.15, 0.2) is 0 Å². The number of nitrogens with one attached hydrogen (secondary N) is 2. The maximum absolute atomic E-state index is 13.2. The lowest BCUT2D eigenvalue weighted by molar-refractivity contribution is -0.120. The van der Waals surface area contributed by atoms with Gasteiger partial charge < -0.3 is 15.4 Å². The fourth-order valence-electron chi connectivity index (χ4n) is 2.49. The van der Waals surface area contributed by atoms with Crippen LogP contribution in [0, 0.1) is 12.7 Å². The summed E-state index contributed by atoms with van der Waals surface area (Å²) in [6, 6.07) is 10.8. The Morgan fingerprint density at radius 3 is 2.40 bits per heavy atom. The molecule has 0 fully saturated rings. The second kappa shape index (κ2) is 8.28. The first-order chi connectivity index (χ1) is 11.9. The average molecular weight is 344 g/mol. The molecule has 1 atom stereocenters. The van der Waals surface area contributed by atoms with Gasteiger partial charge in [0.2, 0.25) is 11.8 Å². The first-order valence-corrected chi connectivity index (χ1v) is 7.86. The van der Waals surface area contributed by atoms with E-state index in [4.69, 9.17) is 4.74 Å². The lowest BCUT2D eigenvalue weighted by Crippen LogP contribution is -2.29. The van der Waals surface area contributed by atoms with Crippen molar-refractivity contribution in [3.8, 4) is 5.75 Å². The summed E-state index contributed by atoms with van der Waals surface area (Å²) in [5.41, 5.74) is 1.97. The molecule has 0 aromatic heterocycles. The minimum atomic E-state index is -0.468. The minimum Gasteiger partial charge on any atom is -0.497 e. The number of methoxy groups -OCH3 is 1. The Morgan fingerprint density at radius 1 is 1.16 bits per heavy atom. The molecule has 2 rings (SSSR count). The van der Waals surface area contributed by atoms with E-state index in [9.17, 15) is 14.0 Å². The highest BCUT2D eigenvalue weighted by Gasteiger charge is 2.18. The van der Waals surface area contributed by atoms with Crippen molar-refractivity contribution >= 4 is 17.5 Å². The van der Waals surface area contributed by atoms with Gasteiger partial charge in [-0.2, -0.15) is 0 Å². The lowest BCUT2D eigenvalue weighted by Gasteiger charge is -2.19. The van der Waals surface area contributed by atoms with Crippen molar-refractivity contribution in [1.82, 2.24) is 5.32 Å². The Kier molecular flexibility index (Phi) is 6.11. The van der Waals surface area contributed by atoms with E-state index in [0.29, 0.717) is 17.0 Å². The third-order valence-electron chi connectivity index (χ3n) is 3.75. The van der Waals surface area contributed by atoms with Crippen molar-refractivity contribution in [2.24, 2.45) is 0 Å². The molecule has 2 N–H and O–H groups in total. The highest BCUT2D eigenvalue weighted by molar-refractivity contribution is 5.92. The summed E-state index contributed by atoms with van der Waals surface area (Å²) < 4.78 is 18.3. The van der Waals surface area contributed by atoms with Crippen LogP contribution < -0.4 is 15.4 Å². The number of amides is 2. The average Bonchev–Trinajstić information content (AvgIpc) is 2.56. The van der Waals surface area contributed by atoms with E-state index in [1.807, 2.05) is 0 Å². The number of hydrogen-bond donors (Lipinski definition) is 2. The number of rotatable bonds is 6. The van der Waals surface area contributed by atoms with Crippen LogP contribution in [0.25, 0.3) is 0 Å². The van der Waals surface area contributed by atoms with Crippen molar-refractivity contribution in [2.45, 2.75) is 26.3 Å². The Balaban J connectivity index is 2.12. The molecular formula is C19H21FN2O3. The number of carbonyl (C=O) groups excluding carboxylic acids is 2. The fourth-order valence-corrected chi connectivity index (χ4v) is 2.49. The molecule has 25 heavy (non-hydrogen) atoms. The molecule has 0 saturated heterocycles. The predicted molar refractivity (Wildman–Crippen MR) is 93.9 cm³/mol. The van der Waals surface area contributed by atoms with E-state index in [-0.39, 0.29) is 24.1 Å². The van der Waals surface area contributed by atoms with E-state index in [2.05, 4.69) is 10.6 Å². The van der Waals surface area contributed by atoms with Crippen LogP contribution in [0.5, 0.6) is 5.75 Å². The number of hydrogen-bond acceptors (Lipinski definition) is 3. The molecule has 0 aliphatic carbocycles. The quantitative estimate of drug-likeness (QED) is 0.844. The van der Waals surface area contributed by atoms with Gasteiger partial charge in [0.25, 0.3) is 0 Å². The zero-order valence-corrected chi connectivity index (χ0v) is 14.4. The van der Waals surface area contributed by atoms with Crippen LogP contribution in [0.1, 0.15) is 30.5 Å². The molecule has 2 amide bonds. The van der Waals surface area contributed by atoms with Crippen molar-refractivity contribution in [3.63, 3.8) is 0 Å². The molecule has 0 saturated carbocycles. The van der Waals surface area contributed by atoms with Crippen molar-refractivity contribution in [1.29, 1.82) is 0 Å². The zero-order valence-electron chi connectivity index (χ0n) is 14.4. The molecular weight excluding hydrogens is 323 g/mol. The van der Waals surface area contributed by atoms with Gasteiger partial charge in [0.1, 0.15) is 11.6 Å². The molecule has 0 aliphatic rings. The molecule has 2 aromatic rings. The second-order valence-electron chi connectivity index (χ2n) is 5.74. The molecule has 0 radical (unpaired) electrons. The maximum Gasteiger partial charge on any atom is 0.226 e. The molecule has 132 valence electrons. The van der Waals surface area contributed by atoms with Gasteiger partial charge in [0.05, 0.1) is 19.6 Å². The normalized spacial score (nSPS) is 11.5. The number of aryl methyl sites for hydroxylation is 1. The van der Waals surface area contributed by atoms with Crippen LogP contribution in [-0.2, 0) is 9.59 Å². The summed E-state index contributed by atoms with van der Waals surface area (Å²) in [4.78, 5) is 23.8. The molecule has 0 bridgehead atoms. The summed E-state index contributed by atoms with van der Waals surface area (Å²) in [6.45, 7) is 3.12. The van der Waals surface area contributed by atoms with Crippen LogP contribution in [0.15, 0.2) is 42.5 Å². The van der Waals surface area contributed by atoms with Gasteiger partial charge >= 0.3 is 0 Å². The Bertz CT molecular complexity index is 760. The van der Waals surface area contributed by atoms with Crippen molar-refractivity contribution in [3.05, 3.63) is 59.4 Å². The van der Waals surface area contributed by atoms with Crippen LogP contribution in [-0.4, -0.2) is 18.9 Å². The summed E-state index contributed by atoms with van der Waals surface area (Å²) in [6.07, 6.45) is 0.0583. The van der Waals surface area contributed by atoms with Gasteiger partial charge in [-0.25, -0.2) is 4.39 Å². The lowest BCUT2D eigenvalue weighted by atomic mass is 10.0. The summed E-state index contributed by atoms with van der Waals surface area (Å²) in [5.74, 6) is -0.169. The van der Waals surface area contributed by atoms with Crippen molar-refractivity contribution in [2.75, 3.05) is 12.4 Å². The van der Waals surface area contributed by atoms with Gasteiger partial charge in [0, 0.05) is 12.6 Å². The minimum absolute atomic E-state index is 0.0583. The molecule has 5 nitrogen and oxygen atoms in total. The van der Waals surface area contributed by atoms with E-state index in [1.165, 1.54) is 25.1 Å². The van der Waals surface area contributed by atoms with E-state index in [1.54, 1.807) is 38.3 Å². The third kappa shape index (κ3) is 5.31.